The highest BCUT2D eigenvalue weighted by Gasteiger charge is 2.09. The van der Waals surface area contributed by atoms with Gasteiger partial charge in [0, 0.05) is 0 Å². The second-order valence-corrected chi connectivity index (χ2v) is 4.61. The monoisotopic (exact) mass is 286 g/mol. The molecule has 2 aromatic rings. The maximum atomic E-state index is 12.0. The number of hydrogen-bond acceptors (Lipinski definition) is 2. The van der Waals surface area contributed by atoms with Crippen molar-refractivity contribution in [2.24, 2.45) is 5.10 Å². The molecule has 0 aromatic heterocycles. The van der Waals surface area contributed by atoms with E-state index in [0.717, 1.165) is 17.7 Å². The average molecular weight is 287 g/mol. The molecular formula is C16H15ClN2O. The van der Waals surface area contributed by atoms with Crippen LogP contribution in [0.2, 0.25) is 5.02 Å². The van der Waals surface area contributed by atoms with Crippen molar-refractivity contribution in [2.75, 3.05) is 0 Å². The van der Waals surface area contributed by atoms with Crippen LogP contribution in [0.25, 0.3) is 0 Å². The molecule has 0 bridgehead atoms. The van der Waals surface area contributed by atoms with E-state index in [4.69, 9.17) is 11.6 Å². The van der Waals surface area contributed by atoms with E-state index in [1.165, 1.54) is 0 Å². The van der Waals surface area contributed by atoms with E-state index in [2.05, 4.69) is 10.5 Å². The van der Waals surface area contributed by atoms with Crippen LogP contribution in [0.15, 0.2) is 59.7 Å². The fourth-order valence-electron chi connectivity index (χ4n) is 1.80. The first-order valence-corrected chi connectivity index (χ1v) is 6.77. The van der Waals surface area contributed by atoms with Crippen LogP contribution in [-0.4, -0.2) is 11.6 Å². The second-order valence-electron chi connectivity index (χ2n) is 4.20. The molecule has 102 valence electrons. The first-order valence-electron chi connectivity index (χ1n) is 6.39. The van der Waals surface area contributed by atoms with Gasteiger partial charge in [-0.05, 0) is 24.1 Å². The Morgan fingerprint density at radius 1 is 1.10 bits per heavy atom. The summed E-state index contributed by atoms with van der Waals surface area (Å²) in [4.78, 5) is 12.0. The molecule has 1 N–H and O–H groups in total. The Labute approximate surface area is 123 Å². The van der Waals surface area contributed by atoms with Gasteiger partial charge in [-0.1, -0.05) is 61.0 Å². The zero-order valence-corrected chi connectivity index (χ0v) is 11.9. The number of carbonyl (C=O) groups is 1. The molecule has 0 radical (unpaired) electrons. The lowest BCUT2D eigenvalue weighted by Crippen LogP contribution is -2.20. The summed E-state index contributed by atoms with van der Waals surface area (Å²) in [6.07, 6.45) is 0.729. The van der Waals surface area contributed by atoms with E-state index in [1.807, 2.05) is 37.3 Å². The van der Waals surface area contributed by atoms with Gasteiger partial charge in [-0.25, -0.2) is 5.43 Å². The Hall–Kier alpha value is -2.13. The van der Waals surface area contributed by atoms with Crippen molar-refractivity contribution < 1.29 is 4.79 Å². The number of rotatable bonds is 4. The average Bonchev–Trinajstić information content (AvgIpc) is 2.49. The van der Waals surface area contributed by atoms with Crippen molar-refractivity contribution >= 4 is 23.2 Å². The van der Waals surface area contributed by atoms with Gasteiger partial charge in [0.05, 0.1) is 16.3 Å². The molecule has 0 saturated heterocycles. The molecule has 0 saturated carbocycles. The van der Waals surface area contributed by atoms with Crippen LogP contribution in [0.4, 0.5) is 0 Å². The number of halogens is 1. The number of amides is 1. The van der Waals surface area contributed by atoms with E-state index in [1.54, 1.807) is 24.3 Å². The standard InChI is InChI=1S/C16H15ClN2O/c1-2-15(12-8-4-3-5-9-12)18-19-16(20)13-10-6-7-11-14(13)17/h3-11H,2H2,1H3,(H,19,20)/b18-15+. The van der Waals surface area contributed by atoms with Crippen molar-refractivity contribution in [3.8, 4) is 0 Å². The van der Waals surface area contributed by atoms with Gasteiger partial charge in [-0.15, -0.1) is 0 Å². The number of nitrogens with one attached hydrogen (secondary N) is 1. The quantitative estimate of drug-likeness (QED) is 0.672. The zero-order chi connectivity index (χ0) is 14.4. The minimum Gasteiger partial charge on any atom is -0.267 e. The Bertz CT molecular complexity index is 623. The third kappa shape index (κ3) is 3.45. The third-order valence-corrected chi connectivity index (χ3v) is 3.18. The minimum absolute atomic E-state index is 0.308. The van der Waals surface area contributed by atoms with E-state index < -0.39 is 0 Å². The van der Waals surface area contributed by atoms with Gasteiger partial charge in [-0.3, -0.25) is 4.79 Å². The first kappa shape index (κ1) is 14.3. The topological polar surface area (TPSA) is 41.5 Å². The summed E-state index contributed by atoms with van der Waals surface area (Å²) in [6.45, 7) is 1.99. The van der Waals surface area contributed by atoms with Gasteiger partial charge in [0.15, 0.2) is 0 Å². The molecule has 0 fully saturated rings. The normalized spacial score (nSPS) is 11.2. The van der Waals surface area contributed by atoms with Gasteiger partial charge in [0.1, 0.15) is 0 Å². The van der Waals surface area contributed by atoms with Crippen LogP contribution < -0.4 is 5.43 Å². The molecule has 0 unspecified atom stereocenters. The molecule has 2 aromatic carbocycles. The number of nitrogens with zero attached hydrogens (tertiary/aromatic N) is 1. The number of benzene rings is 2. The van der Waals surface area contributed by atoms with Gasteiger partial charge in [0.2, 0.25) is 0 Å². The SMILES string of the molecule is CC/C(=N\NC(=O)c1ccccc1Cl)c1ccccc1. The summed E-state index contributed by atoms with van der Waals surface area (Å²) in [5.74, 6) is -0.308. The van der Waals surface area contributed by atoms with Crippen LogP contribution in [0.3, 0.4) is 0 Å². The van der Waals surface area contributed by atoms with Crippen LogP contribution >= 0.6 is 11.6 Å². The summed E-state index contributed by atoms with van der Waals surface area (Å²) in [5, 5.41) is 4.60. The summed E-state index contributed by atoms with van der Waals surface area (Å²) in [7, 11) is 0. The van der Waals surface area contributed by atoms with E-state index >= 15 is 0 Å². The molecule has 0 aliphatic heterocycles. The lowest BCUT2D eigenvalue weighted by Gasteiger charge is -2.06. The molecule has 4 heteroatoms. The van der Waals surface area contributed by atoms with E-state index in [0.29, 0.717) is 10.6 Å². The summed E-state index contributed by atoms with van der Waals surface area (Å²) >= 11 is 5.98. The van der Waals surface area contributed by atoms with Gasteiger partial charge in [0.25, 0.3) is 5.91 Å². The van der Waals surface area contributed by atoms with E-state index in [-0.39, 0.29) is 5.91 Å². The highest BCUT2D eigenvalue weighted by Crippen LogP contribution is 2.14. The predicted octanol–water partition coefficient (Wildman–Crippen LogP) is 3.88. The molecule has 0 aliphatic rings. The van der Waals surface area contributed by atoms with Crippen LogP contribution in [0.1, 0.15) is 29.3 Å². The lowest BCUT2D eigenvalue weighted by atomic mass is 10.1. The van der Waals surface area contributed by atoms with Crippen molar-refractivity contribution in [2.45, 2.75) is 13.3 Å². The van der Waals surface area contributed by atoms with Gasteiger partial charge < -0.3 is 0 Å². The maximum absolute atomic E-state index is 12.0. The summed E-state index contributed by atoms with van der Waals surface area (Å²) in [5.41, 5.74) is 4.79. The van der Waals surface area contributed by atoms with Crippen molar-refractivity contribution in [3.05, 3.63) is 70.7 Å². The fraction of sp³-hybridized carbons (Fsp3) is 0.125. The number of carbonyl (C=O) groups excluding carboxylic acids is 1. The zero-order valence-electron chi connectivity index (χ0n) is 11.1. The van der Waals surface area contributed by atoms with E-state index in [9.17, 15) is 4.79 Å². The Morgan fingerprint density at radius 3 is 2.40 bits per heavy atom. The first-order chi connectivity index (χ1) is 9.72. The fourth-order valence-corrected chi connectivity index (χ4v) is 2.02. The Balaban J connectivity index is 2.16. The molecule has 20 heavy (non-hydrogen) atoms. The second kappa shape index (κ2) is 6.87. The Morgan fingerprint density at radius 2 is 1.75 bits per heavy atom. The molecule has 3 nitrogen and oxygen atoms in total. The van der Waals surface area contributed by atoms with Crippen molar-refractivity contribution in [1.29, 1.82) is 0 Å². The van der Waals surface area contributed by atoms with Crippen LogP contribution in [0.5, 0.6) is 0 Å². The predicted molar refractivity (Wildman–Crippen MR) is 82.2 cm³/mol. The van der Waals surface area contributed by atoms with Crippen molar-refractivity contribution in [1.82, 2.24) is 5.43 Å². The highest BCUT2D eigenvalue weighted by atomic mass is 35.5. The van der Waals surface area contributed by atoms with Crippen LogP contribution in [-0.2, 0) is 0 Å². The highest BCUT2D eigenvalue weighted by molar-refractivity contribution is 6.33. The molecule has 0 aliphatic carbocycles. The summed E-state index contributed by atoms with van der Waals surface area (Å²) in [6, 6.07) is 16.6. The molecule has 2 rings (SSSR count). The number of hydrogen-bond donors (Lipinski definition) is 1. The maximum Gasteiger partial charge on any atom is 0.272 e. The molecule has 1 amide bonds. The number of hydrazone groups is 1. The molecule has 0 atom stereocenters. The molecular weight excluding hydrogens is 272 g/mol. The molecule has 0 spiro atoms. The summed E-state index contributed by atoms with van der Waals surface area (Å²) < 4.78 is 0. The molecule has 0 heterocycles. The van der Waals surface area contributed by atoms with Crippen molar-refractivity contribution in [3.63, 3.8) is 0 Å². The Kier molecular flexibility index (Phi) is 4.91. The lowest BCUT2D eigenvalue weighted by molar-refractivity contribution is 0.0955. The van der Waals surface area contributed by atoms with Gasteiger partial charge >= 0.3 is 0 Å². The minimum atomic E-state index is -0.308. The van der Waals surface area contributed by atoms with Crippen LogP contribution in [0, 0.1) is 0 Å². The largest absolute Gasteiger partial charge is 0.272 e. The smallest absolute Gasteiger partial charge is 0.267 e. The third-order valence-electron chi connectivity index (χ3n) is 2.85. The van der Waals surface area contributed by atoms with Gasteiger partial charge in [-0.2, -0.15) is 5.10 Å².